The molecule has 0 bridgehead atoms. The molecule has 0 saturated carbocycles. The maximum atomic E-state index is 13.3. The maximum Gasteiger partial charge on any atom is 0.416 e. The van der Waals surface area contributed by atoms with Crippen molar-refractivity contribution in [1.29, 1.82) is 0 Å². The molecular formula is C21H12ClF3N2O2. The highest BCUT2D eigenvalue weighted by molar-refractivity contribution is 6.30. The van der Waals surface area contributed by atoms with Crippen molar-refractivity contribution in [2.45, 2.75) is 6.18 Å². The summed E-state index contributed by atoms with van der Waals surface area (Å²) in [5, 5.41) is 10.6. The fourth-order valence-corrected chi connectivity index (χ4v) is 3.23. The summed E-state index contributed by atoms with van der Waals surface area (Å²) in [6.45, 7) is 0. The molecular weight excluding hydrogens is 405 g/mol. The predicted molar refractivity (Wildman–Crippen MR) is 104 cm³/mol. The van der Waals surface area contributed by atoms with Crippen LogP contribution in [0.3, 0.4) is 0 Å². The quantitative estimate of drug-likeness (QED) is 0.474. The highest BCUT2D eigenvalue weighted by atomic mass is 35.5. The number of hydrogen-bond donors (Lipinski definition) is 1. The van der Waals surface area contributed by atoms with Crippen LogP contribution in [-0.4, -0.2) is 14.7 Å². The number of alkyl halides is 3. The van der Waals surface area contributed by atoms with Crippen LogP contribution in [0.15, 0.2) is 71.5 Å². The molecule has 1 N–H and O–H groups in total. The monoisotopic (exact) mass is 416 g/mol. The van der Waals surface area contributed by atoms with Gasteiger partial charge in [0.2, 0.25) is 0 Å². The van der Waals surface area contributed by atoms with Crippen molar-refractivity contribution >= 4 is 22.6 Å². The summed E-state index contributed by atoms with van der Waals surface area (Å²) in [5.41, 5.74) is -0.980. The third-order valence-electron chi connectivity index (χ3n) is 4.41. The number of hydrogen-bond acceptors (Lipinski definition) is 3. The highest BCUT2D eigenvalue weighted by Crippen LogP contribution is 2.33. The van der Waals surface area contributed by atoms with Gasteiger partial charge in [-0.05, 0) is 36.4 Å². The van der Waals surface area contributed by atoms with E-state index in [1.807, 2.05) is 0 Å². The number of phenolic OH excluding ortho intramolecular Hbond substituents is 1. The van der Waals surface area contributed by atoms with Crippen LogP contribution in [0, 0.1) is 0 Å². The van der Waals surface area contributed by atoms with Crippen LogP contribution in [0.25, 0.3) is 28.0 Å². The second kappa shape index (κ2) is 6.93. The molecule has 0 aliphatic carbocycles. The van der Waals surface area contributed by atoms with Gasteiger partial charge >= 0.3 is 6.18 Å². The molecule has 3 aromatic carbocycles. The number of rotatable bonds is 2. The van der Waals surface area contributed by atoms with Gasteiger partial charge in [0.05, 0.1) is 22.3 Å². The lowest BCUT2D eigenvalue weighted by molar-refractivity contribution is -0.137. The second-order valence-electron chi connectivity index (χ2n) is 6.30. The number of aromatic nitrogens is 2. The van der Waals surface area contributed by atoms with Crippen LogP contribution < -0.4 is 5.56 Å². The molecule has 0 spiro atoms. The van der Waals surface area contributed by atoms with Gasteiger partial charge in [0.1, 0.15) is 11.4 Å². The number of fused-ring (bicyclic) bond motifs is 1. The van der Waals surface area contributed by atoms with Gasteiger partial charge in [-0.15, -0.1) is 0 Å². The molecule has 0 atom stereocenters. The van der Waals surface area contributed by atoms with Gasteiger partial charge < -0.3 is 5.11 Å². The van der Waals surface area contributed by atoms with Crippen molar-refractivity contribution < 1.29 is 18.3 Å². The lowest BCUT2D eigenvalue weighted by Gasteiger charge is -2.15. The minimum atomic E-state index is -4.57. The van der Waals surface area contributed by atoms with Crippen LogP contribution in [0.5, 0.6) is 5.75 Å². The van der Waals surface area contributed by atoms with Crippen LogP contribution in [0.4, 0.5) is 13.2 Å². The fraction of sp³-hybridized carbons (Fsp3) is 0.0476. The van der Waals surface area contributed by atoms with E-state index in [4.69, 9.17) is 11.6 Å². The summed E-state index contributed by atoms with van der Waals surface area (Å²) in [5.74, 6) is -0.247. The number of halogens is 4. The average Bonchev–Trinajstić information content (AvgIpc) is 2.69. The van der Waals surface area contributed by atoms with Crippen molar-refractivity contribution in [3.05, 3.63) is 87.7 Å². The van der Waals surface area contributed by atoms with E-state index < -0.39 is 17.3 Å². The Bertz CT molecular complexity index is 1290. The van der Waals surface area contributed by atoms with Crippen LogP contribution >= 0.6 is 11.6 Å². The van der Waals surface area contributed by atoms with Gasteiger partial charge in [-0.1, -0.05) is 41.9 Å². The fourth-order valence-electron chi connectivity index (χ4n) is 3.06. The summed E-state index contributed by atoms with van der Waals surface area (Å²) < 4.78 is 40.7. The predicted octanol–water partition coefficient (Wildman–Crippen LogP) is 5.43. The first-order valence-electron chi connectivity index (χ1n) is 8.44. The molecule has 0 amide bonds. The SMILES string of the molecule is O=c1c(-c2ccccc2)nc2cc(C(F)(F)F)ccc2n1-c1cc(Cl)ccc1O. The molecule has 0 aliphatic rings. The summed E-state index contributed by atoms with van der Waals surface area (Å²) in [6, 6.07) is 15.4. The lowest BCUT2D eigenvalue weighted by Crippen LogP contribution is -2.22. The second-order valence-corrected chi connectivity index (χ2v) is 6.74. The number of phenols is 1. The van der Waals surface area contributed by atoms with Crippen LogP contribution in [0.1, 0.15) is 5.56 Å². The zero-order valence-electron chi connectivity index (χ0n) is 14.6. The summed E-state index contributed by atoms with van der Waals surface area (Å²) in [4.78, 5) is 17.5. The maximum absolute atomic E-state index is 13.3. The Hall–Kier alpha value is -3.32. The van der Waals surface area contributed by atoms with E-state index >= 15 is 0 Å². The zero-order valence-corrected chi connectivity index (χ0v) is 15.4. The van der Waals surface area contributed by atoms with Crippen molar-refractivity contribution in [3.8, 4) is 22.7 Å². The van der Waals surface area contributed by atoms with Crippen LogP contribution in [0.2, 0.25) is 5.02 Å². The summed E-state index contributed by atoms with van der Waals surface area (Å²) in [6.07, 6.45) is -4.57. The lowest BCUT2D eigenvalue weighted by atomic mass is 10.1. The molecule has 1 heterocycles. The minimum absolute atomic E-state index is 0.0438. The van der Waals surface area contributed by atoms with E-state index in [-0.39, 0.29) is 33.2 Å². The van der Waals surface area contributed by atoms with Gasteiger partial charge in [-0.25, -0.2) is 4.98 Å². The largest absolute Gasteiger partial charge is 0.506 e. The molecule has 4 rings (SSSR count). The van der Waals surface area contributed by atoms with Gasteiger partial charge in [0.25, 0.3) is 5.56 Å². The molecule has 0 radical (unpaired) electrons. The Morgan fingerprint density at radius 3 is 2.38 bits per heavy atom. The first kappa shape index (κ1) is 19.0. The number of nitrogens with zero attached hydrogens (tertiary/aromatic N) is 2. The average molecular weight is 417 g/mol. The Balaban J connectivity index is 2.14. The highest BCUT2D eigenvalue weighted by Gasteiger charge is 2.31. The topological polar surface area (TPSA) is 55.1 Å². The molecule has 29 heavy (non-hydrogen) atoms. The van der Waals surface area contributed by atoms with Gasteiger partial charge in [-0.3, -0.25) is 9.36 Å². The van der Waals surface area contributed by atoms with Gasteiger partial charge in [0.15, 0.2) is 0 Å². The number of benzene rings is 3. The van der Waals surface area contributed by atoms with Crippen molar-refractivity contribution in [2.24, 2.45) is 0 Å². The van der Waals surface area contributed by atoms with Crippen LogP contribution in [-0.2, 0) is 6.18 Å². The van der Waals surface area contributed by atoms with E-state index in [1.54, 1.807) is 30.3 Å². The number of aromatic hydroxyl groups is 1. The first-order chi connectivity index (χ1) is 13.8. The van der Waals surface area contributed by atoms with Gasteiger partial charge in [-0.2, -0.15) is 13.2 Å². The molecule has 4 aromatic rings. The van der Waals surface area contributed by atoms with E-state index in [1.165, 1.54) is 18.2 Å². The molecule has 0 unspecified atom stereocenters. The van der Waals surface area contributed by atoms with Crippen molar-refractivity contribution in [3.63, 3.8) is 0 Å². The third kappa shape index (κ3) is 3.45. The minimum Gasteiger partial charge on any atom is -0.506 e. The molecule has 0 fully saturated rings. The Labute approximate surface area is 167 Å². The van der Waals surface area contributed by atoms with Crippen molar-refractivity contribution in [1.82, 2.24) is 9.55 Å². The van der Waals surface area contributed by atoms with Crippen molar-refractivity contribution in [2.75, 3.05) is 0 Å². The standard InChI is InChI=1S/C21H12ClF3N2O2/c22-14-7-9-18(28)17(11-14)27-16-8-6-13(21(23,24)25)10-15(16)26-19(20(27)29)12-4-2-1-3-5-12/h1-11,28H. The first-order valence-corrected chi connectivity index (χ1v) is 8.82. The van der Waals surface area contributed by atoms with E-state index in [0.717, 1.165) is 22.8 Å². The normalized spacial score (nSPS) is 11.7. The molecule has 4 nitrogen and oxygen atoms in total. The third-order valence-corrected chi connectivity index (χ3v) is 4.64. The van der Waals surface area contributed by atoms with Gasteiger partial charge in [0, 0.05) is 10.6 Å². The molecule has 0 saturated heterocycles. The van der Waals surface area contributed by atoms with E-state index in [2.05, 4.69) is 4.98 Å². The Morgan fingerprint density at radius 1 is 0.966 bits per heavy atom. The zero-order chi connectivity index (χ0) is 20.8. The summed E-state index contributed by atoms with van der Waals surface area (Å²) in [7, 11) is 0. The smallest absolute Gasteiger partial charge is 0.416 e. The molecule has 0 aliphatic heterocycles. The molecule has 8 heteroatoms. The molecule has 1 aromatic heterocycles. The summed E-state index contributed by atoms with van der Waals surface area (Å²) >= 11 is 6.02. The Morgan fingerprint density at radius 2 is 1.69 bits per heavy atom. The van der Waals surface area contributed by atoms with E-state index in [9.17, 15) is 23.1 Å². The molecule has 146 valence electrons. The van der Waals surface area contributed by atoms with E-state index in [0.29, 0.717) is 5.56 Å². The Kier molecular flexibility index (Phi) is 4.55.